The molecule has 2 atom stereocenters. The maximum Gasteiger partial charge on any atom is 0.269 e. The number of anilines is 1. The van der Waals surface area contributed by atoms with Crippen molar-refractivity contribution in [3.8, 4) is 17.2 Å². The third kappa shape index (κ3) is 5.09. The van der Waals surface area contributed by atoms with E-state index in [9.17, 15) is 13.2 Å². The molecule has 0 aliphatic carbocycles. The standard InChI is InChI=1S/C24H30N2O6S/c1-16(2)30-20-12-11-18(33(28,29)26-13-7-4-8-14-26)15-19(20)25-24(27)23-17(3)31-21-9-5-6-10-22(21)32-23/h5-6,9-12,15-17,23H,4,7-8,13-14H2,1-3H3,(H,25,27)/t17-,23-/m1/s1. The summed E-state index contributed by atoms with van der Waals surface area (Å²) in [6.45, 7) is 6.47. The highest BCUT2D eigenvalue weighted by atomic mass is 32.2. The second-order valence-corrected chi connectivity index (χ2v) is 10.5. The highest BCUT2D eigenvalue weighted by Crippen LogP contribution is 2.35. The van der Waals surface area contributed by atoms with Crippen molar-refractivity contribution in [1.29, 1.82) is 0 Å². The SMILES string of the molecule is CC(C)Oc1ccc(S(=O)(=O)N2CCCCC2)cc1NC(=O)[C@@H]1Oc2ccccc2O[C@@H]1C. The van der Waals surface area contributed by atoms with E-state index in [1.165, 1.54) is 16.4 Å². The summed E-state index contributed by atoms with van der Waals surface area (Å²) < 4.78 is 45.4. The molecule has 1 fully saturated rings. The van der Waals surface area contributed by atoms with E-state index in [4.69, 9.17) is 14.2 Å². The van der Waals surface area contributed by atoms with Gasteiger partial charge in [-0.05, 0) is 63.9 Å². The highest BCUT2D eigenvalue weighted by molar-refractivity contribution is 7.89. The molecule has 0 radical (unpaired) electrons. The minimum atomic E-state index is -3.67. The van der Waals surface area contributed by atoms with E-state index >= 15 is 0 Å². The van der Waals surface area contributed by atoms with Crippen LogP contribution >= 0.6 is 0 Å². The molecule has 1 amide bonds. The summed E-state index contributed by atoms with van der Waals surface area (Å²) in [7, 11) is -3.67. The fourth-order valence-electron chi connectivity index (χ4n) is 3.99. The summed E-state index contributed by atoms with van der Waals surface area (Å²) >= 11 is 0. The number of nitrogens with zero attached hydrogens (tertiary/aromatic N) is 1. The van der Waals surface area contributed by atoms with Crippen LogP contribution < -0.4 is 19.5 Å². The van der Waals surface area contributed by atoms with Crippen molar-refractivity contribution in [3.05, 3.63) is 42.5 Å². The van der Waals surface area contributed by atoms with Crippen molar-refractivity contribution in [3.63, 3.8) is 0 Å². The zero-order chi connectivity index (χ0) is 23.6. The van der Waals surface area contributed by atoms with Crippen LogP contribution in [0.15, 0.2) is 47.4 Å². The van der Waals surface area contributed by atoms with Crippen LogP contribution in [0.25, 0.3) is 0 Å². The molecule has 0 bridgehead atoms. The molecule has 0 spiro atoms. The molecular weight excluding hydrogens is 444 g/mol. The fourth-order valence-corrected chi connectivity index (χ4v) is 5.53. The molecule has 2 aromatic carbocycles. The van der Waals surface area contributed by atoms with Crippen molar-refractivity contribution in [2.24, 2.45) is 0 Å². The molecule has 2 aromatic rings. The van der Waals surface area contributed by atoms with Gasteiger partial charge >= 0.3 is 0 Å². The molecule has 0 aromatic heterocycles. The van der Waals surface area contributed by atoms with Gasteiger partial charge in [0.1, 0.15) is 11.9 Å². The number of rotatable bonds is 6. The number of piperidine rings is 1. The smallest absolute Gasteiger partial charge is 0.269 e. The van der Waals surface area contributed by atoms with E-state index in [2.05, 4.69) is 5.32 Å². The van der Waals surface area contributed by atoms with Crippen LogP contribution in [0.5, 0.6) is 17.2 Å². The maximum absolute atomic E-state index is 13.2. The molecule has 178 valence electrons. The second kappa shape index (κ2) is 9.61. The second-order valence-electron chi connectivity index (χ2n) is 8.59. The summed E-state index contributed by atoms with van der Waals surface area (Å²) in [5.74, 6) is 1.00. The first-order chi connectivity index (χ1) is 15.8. The number of amides is 1. The number of benzene rings is 2. The van der Waals surface area contributed by atoms with Crippen LogP contribution in [0, 0.1) is 0 Å². The van der Waals surface area contributed by atoms with Crippen molar-refractivity contribution in [2.45, 2.75) is 63.2 Å². The van der Waals surface area contributed by atoms with Gasteiger partial charge in [-0.3, -0.25) is 4.79 Å². The first-order valence-electron chi connectivity index (χ1n) is 11.3. The van der Waals surface area contributed by atoms with Gasteiger partial charge in [0.15, 0.2) is 11.5 Å². The van der Waals surface area contributed by atoms with Crippen LogP contribution in [-0.4, -0.2) is 50.0 Å². The first-order valence-corrected chi connectivity index (χ1v) is 12.7. The van der Waals surface area contributed by atoms with Gasteiger partial charge in [-0.15, -0.1) is 0 Å². The number of ether oxygens (including phenoxy) is 3. The Hall–Kier alpha value is -2.78. The van der Waals surface area contributed by atoms with Gasteiger partial charge in [-0.2, -0.15) is 4.31 Å². The summed E-state index contributed by atoms with van der Waals surface area (Å²) in [6, 6.07) is 11.7. The molecule has 9 heteroatoms. The van der Waals surface area contributed by atoms with Gasteiger partial charge in [0.05, 0.1) is 16.7 Å². The van der Waals surface area contributed by atoms with E-state index in [0.717, 1.165) is 19.3 Å². The maximum atomic E-state index is 13.2. The predicted molar refractivity (Wildman–Crippen MR) is 124 cm³/mol. The molecule has 2 heterocycles. The van der Waals surface area contributed by atoms with Gasteiger partial charge in [-0.25, -0.2) is 8.42 Å². The molecule has 4 rings (SSSR count). The lowest BCUT2D eigenvalue weighted by atomic mass is 10.1. The van der Waals surface area contributed by atoms with E-state index in [0.29, 0.717) is 30.3 Å². The fraction of sp³-hybridized carbons (Fsp3) is 0.458. The quantitative estimate of drug-likeness (QED) is 0.684. The number of sulfonamides is 1. The number of carbonyl (C=O) groups is 1. The Bertz CT molecular complexity index is 1110. The van der Waals surface area contributed by atoms with E-state index in [1.54, 1.807) is 31.2 Å². The van der Waals surface area contributed by atoms with Gasteiger partial charge in [0.25, 0.3) is 5.91 Å². The number of para-hydroxylation sites is 2. The van der Waals surface area contributed by atoms with Crippen molar-refractivity contribution >= 4 is 21.6 Å². The number of fused-ring (bicyclic) bond motifs is 1. The van der Waals surface area contributed by atoms with Crippen LogP contribution in [0.4, 0.5) is 5.69 Å². The minimum Gasteiger partial charge on any atom is -0.489 e. The number of hydrogen-bond acceptors (Lipinski definition) is 6. The third-order valence-electron chi connectivity index (χ3n) is 5.63. The molecule has 1 saturated heterocycles. The first kappa shape index (κ1) is 23.4. The van der Waals surface area contributed by atoms with Gasteiger partial charge in [0, 0.05) is 13.1 Å². The molecule has 2 aliphatic heterocycles. The normalized spacial score (nSPS) is 21.0. The molecule has 33 heavy (non-hydrogen) atoms. The van der Waals surface area contributed by atoms with Crippen LogP contribution in [0.1, 0.15) is 40.0 Å². The Morgan fingerprint density at radius 1 is 1.06 bits per heavy atom. The zero-order valence-electron chi connectivity index (χ0n) is 19.1. The van der Waals surface area contributed by atoms with Crippen molar-refractivity contribution in [2.75, 3.05) is 18.4 Å². The lowest BCUT2D eigenvalue weighted by Gasteiger charge is -2.31. The summed E-state index contributed by atoms with van der Waals surface area (Å²) in [5.41, 5.74) is 0.279. The lowest BCUT2D eigenvalue weighted by Crippen LogP contribution is -2.46. The third-order valence-corrected chi connectivity index (χ3v) is 7.52. The lowest BCUT2D eigenvalue weighted by molar-refractivity contribution is -0.128. The average Bonchev–Trinajstić information content (AvgIpc) is 2.79. The number of nitrogens with one attached hydrogen (secondary N) is 1. The topological polar surface area (TPSA) is 94.2 Å². The predicted octanol–water partition coefficient (Wildman–Crippen LogP) is 3.82. The molecule has 1 N–H and O–H groups in total. The Labute approximate surface area is 194 Å². The Kier molecular flexibility index (Phi) is 6.81. The number of hydrogen-bond donors (Lipinski definition) is 1. The van der Waals surface area contributed by atoms with Crippen molar-refractivity contribution in [1.82, 2.24) is 4.31 Å². The monoisotopic (exact) mass is 474 g/mol. The molecule has 2 aliphatic rings. The van der Waals surface area contributed by atoms with Gasteiger partial charge < -0.3 is 19.5 Å². The summed E-state index contributed by atoms with van der Waals surface area (Å²) in [6.07, 6.45) is 1.11. The minimum absolute atomic E-state index is 0.120. The Balaban J connectivity index is 1.61. The number of carbonyl (C=O) groups excluding carboxylic acids is 1. The molecule has 0 unspecified atom stereocenters. The van der Waals surface area contributed by atoms with E-state index < -0.39 is 28.1 Å². The van der Waals surface area contributed by atoms with E-state index in [1.807, 2.05) is 19.9 Å². The molecule has 0 saturated carbocycles. The molecule has 8 nitrogen and oxygen atoms in total. The Morgan fingerprint density at radius 2 is 1.73 bits per heavy atom. The van der Waals surface area contributed by atoms with Gasteiger partial charge in [0.2, 0.25) is 16.1 Å². The van der Waals surface area contributed by atoms with Crippen LogP contribution in [-0.2, 0) is 14.8 Å². The zero-order valence-corrected chi connectivity index (χ0v) is 19.9. The molecular formula is C24H30N2O6S. The average molecular weight is 475 g/mol. The summed E-state index contributed by atoms with van der Waals surface area (Å²) in [4.78, 5) is 13.3. The van der Waals surface area contributed by atoms with Crippen molar-refractivity contribution < 1.29 is 27.4 Å². The van der Waals surface area contributed by atoms with E-state index in [-0.39, 0.29) is 16.7 Å². The van der Waals surface area contributed by atoms with Crippen LogP contribution in [0.3, 0.4) is 0 Å². The highest BCUT2D eigenvalue weighted by Gasteiger charge is 2.35. The van der Waals surface area contributed by atoms with Gasteiger partial charge in [-0.1, -0.05) is 18.6 Å². The Morgan fingerprint density at radius 3 is 2.39 bits per heavy atom. The summed E-state index contributed by atoms with van der Waals surface area (Å²) in [5, 5.41) is 2.81. The van der Waals surface area contributed by atoms with Crippen LogP contribution in [0.2, 0.25) is 0 Å². The largest absolute Gasteiger partial charge is 0.489 e.